The fourth-order valence-corrected chi connectivity index (χ4v) is 1.89. The molecule has 14 heavy (non-hydrogen) atoms. The van der Waals surface area contributed by atoms with Crippen LogP contribution in [0, 0.1) is 10.1 Å². The zero-order valence-corrected chi connectivity index (χ0v) is 9.07. The smallest absolute Gasteiger partial charge is 0.377 e. The van der Waals surface area contributed by atoms with E-state index in [0.29, 0.717) is 4.74 Å². The first-order valence-corrected chi connectivity index (χ1v) is 4.32. The normalized spacial score (nSPS) is 23.9. The van der Waals surface area contributed by atoms with E-state index in [2.05, 4.69) is 5.29 Å². The molecule has 80 valence electrons. The van der Waals surface area contributed by atoms with Crippen LogP contribution in [-0.4, -0.2) is 34.0 Å². The first-order valence-electron chi connectivity index (χ1n) is 4.32. The van der Waals surface area contributed by atoms with Crippen LogP contribution >= 0.6 is 0 Å². The second-order valence-electron chi connectivity index (χ2n) is 4.25. The van der Waals surface area contributed by atoms with Crippen molar-refractivity contribution in [3.05, 3.63) is 10.1 Å². The standard InChI is InChI=1S/C8H15N3O3/c1-7(2)6(14-5)10(13)8(3,4)11(7)9-12/h1-5H3. The number of hydroxylamine groups is 1. The van der Waals surface area contributed by atoms with Gasteiger partial charge in [-0.1, -0.05) is 0 Å². The monoisotopic (exact) mass is 201 g/mol. The van der Waals surface area contributed by atoms with E-state index in [1.165, 1.54) is 12.1 Å². The minimum absolute atomic E-state index is 0.196. The maximum absolute atomic E-state index is 11.8. The second kappa shape index (κ2) is 2.83. The molecule has 0 saturated heterocycles. The summed E-state index contributed by atoms with van der Waals surface area (Å²) < 4.78 is 5.67. The molecular formula is C8H15N3O3. The number of nitroso groups, excluding NO2 is 1. The maximum atomic E-state index is 11.8. The number of hydrogen-bond acceptors (Lipinski definition) is 4. The van der Waals surface area contributed by atoms with Crippen molar-refractivity contribution in [2.45, 2.75) is 38.9 Å². The van der Waals surface area contributed by atoms with Gasteiger partial charge in [0.05, 0.1) is 12.4 Å². The molecule has 1 heterocycles. The predicted molar refractivity (Wildman–Crippen MR) is 51.4 cm³/mol. The second-order valence-corrected chi connectivity index (χ2v) is 4.25. The summed E-state index contributed by atoms with van der Waals surface area (Å²) in [7, 11) is 1.41. The molecule has 0 saturated carbocycles. The highest BCUT2D eigenvalue weighted by Gasteiger charge is 2.59. The fraction of sp³-hybridized carbons (Fsp3) is 0.875. The van der Waals surface area contributed by atoms with E-state index < -0.39 is 11.2 Å². The molecule has 0 aromatic heterocycles. The van der Waals surface area contributed by atoms with Crippen molar-refractivity contribution >= 4 is 5.90 Å². The van der Waals surface area contributed by atoms with Crippen LogP contribution in [0.3, 0.4) is 0 Å². The zero-order valence-electron chi connectivity index (χ0n) is 9.07. The van der Waals surface area contributed by atoms with Gasteiger partial charge < -0.3 is 9.94 Å². The van der Waals surface area contributed by atoms with Crippen LogP contribution < -0.4 is 0 Å². The van der Waals surface area contributed by atoms with Crippen LogP contribution in [0.1, 0.15) is 27.7 Å². The quantitative estimate of drug-likeness (QED) is 0.361. The lowest BCUT2D eigenvalue weighted by atomic mass is 10.1. The SMILES string of the molecule is COC1=[N+]([O-])C(C)(C)N(N=O)C1(C)C. The molecule has 0 fully saturated rings. The van der Waals surface area contributed by atoms with Gasteiger partial charge in [-0.25, -0.2) is 0 Å². The third-order valence-electron chi connectivity index (χ3n) is 2.53. The van der Waals surface area contributed by atoms with Crippen molar-refractivity contribution < 1.29 is 9.48 Å². The van der Waals surface area contributed by atoms with Crippen LogP contribution in [0.5, 0.6) is 0 Å². The van der Waals surface area contributed by atoms with Crippen LogP contribution in [-0.2, 0) is 4.74 Å². The summed E-state index contributed by atoms with van der Waals surface area (Å²) in [6.45, 7) is 6.67. The van der Waals surface area contributed by atoms with E-state index in [4.69, 9.17) is 4.74 Å². The van der Waals surface area contributed by atoms with Crippen LogP contribution in [0.25, 0.3) is 0 Å². The van der Waals surface area contributed by atoms with Gasteiger partial charge in [0.25, 0.3) is 5.66 Å². The maximum Gasteiger partial charge on any atom is 0.377 e. The highest BCUT2D eigenvalue weighted by Crippen LogP contribution is 2.34. The molecule has 1 aliphatic rings. The van der Waals surface area contributed by atoms with Crippen molar-refractivity contribution in [2.24, 2.45) is 5.29 Å². The minimum atomic E-state index is -1.00. The third-order valence-corrected chi connectivity index (χ3v) is 2.53. The Bertz CT molecular complexity index is 296. The molecule has 6 nitrogen and oxygen atoms in total. The van der Waals surface area contributed by atoms with Crippen molar-refractivity contribution in [1.29, 1.82) is 0 Å². The predicted octanol–water partition coefficient (Wildman–Crippen LogP) is 1.05. The van der Waals surface area contributed by atoms with E-state index in [0.717, 1.165) is 0 Å². The van der Waals surface area contributed by atoms with Gasteiger partial charge in [-0.15, -0.1) is 9.65 Å². The molecule has 0 aromatic rings. The van der Waals surface area contributed by atoms with Crippen molar-refractivity contribution in [1.82, 2.24) is 5.01 Å². The Morgan fingerprint density at radius 2 is 1.93 bits per heavy atom. The summed E-state index contributed by atoms with van der Waals surface area (Å²) >= 11 is 0. The molecule has 1 rings (SSSR count). The van der Waals surface area contributed by atoms with Crippen molar-refractivity contribution in [2.75, 3.05) is 7.11 Å². The Labute approximate surface area is 82.7 Å². The van der Waals surface area contributed by atoms with Gasteiger partial charge in [-0.3, -0.25) is 0 Å². The van der Waals surface area contributed by atoms with E-state index in [-0.39, 0.29) is 5.90 Å². The van der Waals surface area contributed by atoms with Gasteiger partial charge in [-0.2, -0.15) is 5.01 Å². The van der Waals surface area contributed by atoms with E-state index in [9.17, 15) is 10.1 Å². The molecule has 0 unspecified atom stereocenters. The first-order chi connectivity index (χ1) is 6.30. The molecule has 0 spiro atoms. The van der Waals surface area contributed by atoms with Gasteiger partial charge in [0.2, 0.25) is 0 Å². The number of ether oxygens (including phenoxy) is 1. The molecule has 0 bridgehead atoms. The molecule has 0 N–H and O–H groups in total. The zero-order chi connectivity index (χ0) is 11.1. The van der Waals surface area contributed by atoms with E-state index in [1.54, 1.807) is 27.7 Å². The van der Waals surface area contributed by atoms with Gasteiger partial charge in [0.15, 0.2) is 5.54 Å². The largest absolute Gasteiger partial charge is 0.620 e. The Balaban J connectivity index is 3.30. The average molecular weight is 201 g/mol. The third kappa shape index (κ3) is 1.06. The van der Waals surface area contributed by atoms with E-state index >= 15 is 0 Å². The lowest BCUT2D eigenvalue weighted by molar-refractivity contribution is -0.564. The van der Waals surface area contributed by atoms with Gasteiger partial charge in [0.1, 0.15) is 0 Å². The lowest BCUT2D eigenvalue weighted by Crippen LogP contribution is -2.50. The molecule has 0 aromatic carbocycles. The Morgan fingerprint density at radius 3 is 2.14 bits per heavy atom. The summed E-state index contributed by atoms with van der Waals surface area (Å²) in [5, 5.41) is 15.8. The summed E-state index contributed by atoms with van der Waals surface area (Å²) in [4.78, 5) is 10.7. The summed E-state index contributed by atoms with van der Waals surface area (Å²) in [5.74, 6) is 0.196. The summed E-state index contributed by atoms with van der Waals surface area (Å²) in [5.41, 5.74) is -1.81. The van der Waals surface area contributed by atoms with Gasteiger partial charge >= 0.3 is 5.90 Å². The van der Waals surface area contributed by atoms with Crippen LogP contribution in [0.2, 0.25) is 0 Å². The Morgan fingerprint density at radius 1 is 1.43 bits per heavy atom. The molecule has 0 aliphatic carbocycles. The first kappa shape index (κ1) is 10.7. The summed E-state index contributed by atoms with van der Waals surface area (Å²) in [6.07, 6.45) is 0. The minimum Gasteiger partial charge on any atom is -0.620 e. The molecule has 0 radical (unpaired) electrons. The Hall–Kier alpha value is -1.33. The topological polar surface area (TPSA) is 68.0 Å². The molecule has 6 heteroatoms. The number of hydrogen-bond donors (Lipinski definition) is 0. The molecule has 0 amide bonds. The molecule has 1 aliphatic heterocycles. The summed E-state index contributed by atoms with van der Waals surface area (Å²) in [6, 6.07) is 0. The number of methoxy groups -OCH3 is 1. The van der Waals surface area contributed by atoms with Crippen LogP contribution in [0.4, 0.5) is 0 Å². The average Bonchev–Trinajstić information content (AvgIpc) is 2.16. The lowest BCUT2D eigenvalue weighted by Gasteiger charge is -2.29. The van der Waals surface area contributed by atoms with Crippen molar-refractivity contribution in [3.8, 4) is 0 Å². The molecule has 0 atom stereocenters. The Kier molecular flexibility index (Phi) is 2.17. The van der Waals surface area contributed by atoms with Gasteiger partial charge in [-0.05, 0) is 13.8 Å². The molecular weight excluding hydrogens is 186 g/mol. The number of rotatable bonds is 1. The van der Waals surface area contributed by atoms with Gasteiger partial charge in [0, 0.05) is 13.8 Å². The van der Waals surface area contributed by atoms with Crippen molar-refractivity contribution in [3.63, 3.8) is 0 Å². The highest BCUT2D eigenvalue weighted by molar-refractivity contribution is 5.82. The highest BCUT2D eigenvalue weighted by atomic mass is 16.6. The fourth-order valence-electron chi connectivity index (χ4n) is 1.89. The van der Waals surface area contributed by atoms with E-state index in [1.807, 2.05) is 0 Å². The number of nitrogens with zero attached hydrogens (tertiary/aromatic N) is 3. The van der Waals surface area contributed by atoms with Crippen LogP contribution in [0.15, 0.2) is 5.29 Å².